The molecule has 140 valence electrons. The summed E-state index contributed by atoms with van der Waals surface area (Å²) < 4.78 is 0. The van der Waals surface area contributed by atoms with Gasteiger partial charge in [-0.2, -0.15) is 0 Å². The lowest BCUT2D eigenvalue weighted by Crippen LogP contribution is -2.40. The number of guanidine groups is 1. The minimum atomic E-state index is 0. The van der Waals surface area contributed by atoms with Gasteiger partial charge in [0.25, 0.3) is 0 Å². The third-order valence-electron chi connectivity index (χ3n) is 4.00. The Morgan fingerprint density at radius 1 is 1.21 bits per heavy atom. The Labute approximate surface area is 168 Å². The molecular weight excluding hydrogens is 433 g/mol. The van der Waals surface area contributed by atoms with E-state index in [9.17, 15) is 0 Å². The predicted molar refractivity (Wildman–Crippen MR) is 117 cm³/mol. The van der Waals surface area contributed by atoms with E-state index in [0.29, 0.717) is 6.04 Å². The summed E-state index contributed by atoms with van der Waals surface area (Å²) in [6.07, 6.45) is 0.940. The molecule has 7 heteroatoms. The van der Waals surface area contributed by atoms with E-state index in [2.05, 4.69) is 62.1 Å². The molecule has 0 bridgehead atoms. The predicted octanol–water partition coefficient (Wildman–Crippen LogP) is 3.21. The molecule has 2 N–H and O–H groups in total. The van der Waals surface area contributed by atoms with Crippen molar-refractivity contribution in [2.45, 2.75) is 54.0 Å². The molecule has 1 unspecified atom stereocenters. The number of nitrogens with zero attached hydrogens (tertiary/aromatic N) is 3. The Morgan fingerprint density at radius 2 is 1.88 bits per heavy atom. The second-order valence-corrected chi connectivity index (χ2v) is 7.00. The minimum Gasteiger partial charge on any atom is -0.357 e. The van der Waals surface area contributed by atoms with Crippen LogP contribution in [0.3, 0.4) is 0 Å². The van der Waals surface area contributed by atoms with E-state index in [0.717, 1.165) is 50.8 Å². The van der Waals surface area contributed by atoms with E-state index in [-0.39, 0.29) is 24.0 Å². The number of likely N-dealkylation sites (N-methyl/N-ethyl adjacent to an activating group) is 1. The van der Waals surface area contributed by atoms with Crippen LogP contribution in [0.25, 0.3) is 0 Å². The Morgan fingerprint density at radius 3 is 2.38 bits per heavy atom. The molecule has 1 rings (SSSR count). The Balaban J connectivity index is 0.00000529. The van der Waals surface area contributed by atoms with Crippen LogP contribution in [0.4, 0.5) is 0 Å². The molecule has 1 atom stereocenters. The van der Waals surface area contributed by atoms with Crippen LogP contribution in [-0.4, -0.2) is 54.6 Å². The number of hydrogen-bond acceptors (Lipinski definition) is 4. The van der Waals surface area contributed by atoms with Gasteiger partial charge in [-0.1, -0.05) is 13.8 Å². The maximum absolute atomic E-state index is 4.72. The van der Waals surface area contributed by atoms with Crippen LogP contribution >= 0.6 is 35.3 Å². The standard InChI is InChI=1S/C17H33N5S.HI/c1-7-18-17(20-12-13(4)22(8-2)9-3)19-11-10-16-21-14(5)15(6)23-16;/h13H,7-12H2,1-6H3,(H2,18,19,20);1H. The lowest BCUT2D eigenvalue weighted by molar-refractivity contribution is 0.237. The molecule has 0 aromatic carbocycles. The number of halogens is 1. The van der Waals surface area contributed by atoms with Crippen molar-refractivity contribution in [3.05, 3.63) is 15.6 Å². The summed E-state index contributed by atoms with van der Waals surface area (Å²) in [5.41, 5.74) is 1.15. The molecule has 0 aliphatic carbocycles. The van der Waals surface area contributed by atoms with Gasteiger partial charge in [-0.05, 0) is 40.8 Å². The van der Waals surface area contributed by atoms with Crippen molar-refractivity contribution < 1.29 is 0 Å². The smallest absolute Gasteiger partial charge is 0.191 e. The molecule has 0 amide bonds. The fourth-order valence-electron chi connectivity index (χ4n) is 2.46. The van der Waals surface area contributed by atoms with Crippen molar-refractivity contribution in [2.75, 3.05) is 32.7 Å². The fourth-order valence-corrected chi connectivity index (χ4v) is 3.39. The Kier molecular flexibility index (Phi) is 12.7. The molecule has 0 fully saturated rings. The highest BCUT2D eigenvalue weighted by Gasteiger charge is 2.09. The highest BCUT2D eigenvalue weighted by Crippen LogP contribution is 2.16. The fraction of sp³-hybridized carbons (Fsp3) is 0.765. The normalized spacial score (nSPS) is 12.9. The Hall–Kier alpha value is -0.410. The molecule has 0 saturated heterocycles. The van der Waals surface area contributed by atoms with Crippen molar-refractivity contribution in [1.29, 1.82) is 0 Å². The van der Waals surface area contributed by atoms with E-state index < -0.39 is 0 Å². The van der Waals surface area contributed by atoms with Crippen LogP contribution in [-0.2, 0) is 6.42 Å². The molecule has 1 heterocycles. The summed E-state index contributed by atoms with van der Waals surface area (Å²) in [5, 5.41) is 7.93. The lowest BCUT2D eigenvalue weighted by atomic mass is 10.3. The van der Waals surface area contributed by atoms with E-state index in [1.54, 1.807) is 11.3 Å². The highest BCUT2D eigenvalue weighted by molar-refractivity contribution is 14.0. The van der Waals surface area contributed by atoms with Crippen LogP contribution in [0.1, 0.15) is 43.3 Å². The number of thiazole rings is 1. The van der Waals surface area contributed by atoms with Gasteiger partial charge in [0.1, 0.15) is 0 Å². The largest absolute Gasteiger partial charge is 0.357 e. The molecule has 1 aromatic rings. The van der Waals surface area contributed by atoms with Crippen LogP contribution in [0, 0.1) is 13.8 Å². The molecule has 0 aliphatic rings. The monoisotopic (exact) mass is 467 g/mol. The molecule has 0 aliphatic heterocycles. The van der Waals surface area contributed by atoms with Crippen LogP contribution in [0.15, 0.2) is 4.99 Å². The van der Waals surface area contributed by atoms with Crippen molar-refractivity contribution in [3.8, 4) is 0 Å². The summed E-state index contributed by atoms with van der Waals surface area (Å²) >= 11 is 1.79. The van der Waals surface area contributed by atoms with E-state index in [1.807, 2.05) is 0 Å². The van der Waals surface area contributed by atoms with Gasteiger partial charge in [0.05, 0.1) is 17.2 Å². The van der Waals surface area contributed by atoms with Gasteiger partial charge in [-0.3, -0.25) is 9.89 Å². The molecule has 1 aromatic heterocycles. The van der Waals surface area contributed by atoms with Crippen LogP contribution in [0.2, 0.25) is 0 Å². The van der Waals surface area contributed by atoms with Crippen molar-refractivity contribution in [1.82, 2.24) is 20.5 Å². The van der Waals surface area contributed by atoms with Gasteiger partial charge in [0, 0.05) is 30.4 Å². The van der Waals surface area contributed by atoms with E-state index in [4.69, 9.17) is 4.99 Å². The quantitative estimate of drug-likeness (QED) is 0.333. The first-order valence-corrected chi connectivity index (χ1v) is 9.52. The number of aromatic nitrogens is 1. The van der Waals surface area contributed by atoms with Crippen molar-refractivity contribution >= 4 is 41.3 Å². The highest BCUT2D eigenvalue weighted by atomic mass is 127. The maximum atomic E-state index is 4.72. The average Bonchev–Trinajstić information content (AvgIpc) is 2.84. The summed E-state index contributed by atoms with van der Waals surface area (Å²) in [7, 11) is 0. The molecule has 24 heavy (non-hydrogen) atoms. The number of aliphatic imine (C=N–C) groups is 1. The number of rotatable bonds is 9. The third-order valence-corrected chi connectivity index (χ3v) is 5.13. The number of aryl methyl sites for hydroxylation is 2. The van der Waals surface area contributed by atoms with Crippen LogP contribution in [0.5, 0.6) is 0 Å². The summed E-state index contributed by atoms with van der Waals surface area (Å²) in [6, 6.07) is 0.463. The van der Waals surface area contributed by atoms with Gasteiger partial charge in [0.15, 0.2) is 5.96 Å². The van der Waals surface area contributed by atoms with Crippen molar-refractivity contribution in [2.24, 2.45) is 4.99 Å². The Bertz CT molecular complexity index is 466. The molecule has 0 radical (unpaired) electrons. The first kappa shape index (κ1) is 23.6. The molecule has 0 spiro atoms. The summed E-state index contributed by atoms with van der Waals surface area (Å²) in [4.78, 5) is 13.0. The number of nitrogens with one attached hydrogen (secondary N) is 2. The first-order valence-electron chi connectivity index (χ1n) is 8.70. The minimum absolute atomic E-state index is 0. The zero-order chi connectivity index (χ0) is 17.2. The van der Waals surface area contributed by atoms with E-state index in [1.165, 1.54) is 9.88 Å². The van der Waals surface area contributed by atoms with Crippen molar-refractivity contribution in [3.63, 3.8) is 0 Å². The first-order chi connectivity index (χ1) is 11.0. The molecule has 0 saturated carbocycles. The van der Waals surface area contributed by atoms with Crippen LogP contribution < -0.4 is 10.6 Å². The lowest BCUT2D eigenvalue weighted by Gasteiger charge is -2.25. The number of hydrogen-bond donors (Lipinski definition) is 2. The van der Waals surface area contributed by atoms with Gasteiger partial charge >= 0.3 is 0 Å². The maximum Gasteiger partial charge on any atom is 0.191 e. The van der Waals surface area contributed by atoms with E-state index >= 15 is 0 Å². The summed E-state index contributed by atoms with van der Waals surface area (Å²) in [6.45, 7) is 17.6. The van der Waals surface area contributed by atoms with Gasteiger partial charge in [-0.25, -0.2) is 4.98 Å². The topological polar surface area (TPSA) is 52.6 Å². The van der Waals surface area contributed by atoms with Gasteiger partial charge in [0.2, 0.25) is 0 Å². The molecule has 5 nitrogen and oxygen atoms in total. The third kappa shape index (κ3) is 8.11. The zero-order valence-corrected chi connectivity index (χ0v) is 19.1. The second-order valence-electron chi connectivity index (χ2n) is 5.72. The van der Waals surface area contributed by atoms with Gasteiger partial charge in [-0.15, -0.1) is 35.3 Å². The second kappa shape index (κ2) is 12.9. The van der Waals surface area contributed by atoms with Gasteiger partial charge < -0.3 is 10.6 Å². The SMILES string of the molecule is CCNC(=NCC(C)N(CC)CC)NCCc1nc(C)c(C)s1.I. The zero-order valence-electron chi connectivity index (χ0n) is 16.0. The average molecular weight is 467 g/mol. The molecular formula is C17H34IN5S. The summed E-state index contributed by atoms with van der Waals surface area (Å²) in [5.74, 6) is 0.900.